The summed E-state index contributed by atoms with van der Waals surface area (Å²) in [6.45, 7) is -1.35. The van der Waals surface area contributed by atoms with Crippen molar-refractivity contribution in [2.45, 2.75) is 6.18 Å². The average molecular weight is 257 g/mol. The van der Waals surface area contributed by atoms with Gasteiger partial charge in [0.25, 0.3) is 0 Å². The molecule has 2 aromatic rings. The van der Waals surface area contributed by atoms with E-state index in [1.54, 1.807) is 23.9 Å². The Morgan fingerprint density at radius 3 is 2.72 bits per heavy atom. The lowest BCUT2D eigenvalue weighted by molar-refractivity contribution is -0.153. The third-order valence-electron chi connectivity index (χ3n) is 2.52. The van der Waals surface area contributed by atoms with Gasteiger partial charge in [0.15, 0.2) is 12.9 Å². The van der Waals surface area contributed by atoms with E-state index >= 15 is 0 Å². The molecule has 96 valence electrons. The fraction of sp³-hybridized carbons (Fsp3) is 0.250. The van der Waals surface area contributed by atoms with Crippen molar-refractivity contribution in [2.24, 2.45) is 7.05 Å². The molecule has 0 bridgehead atoms. The lowest BCUT2D eigenvalue weighted by Gasteiger charge is -2.09. The largest absolute Gasteiger partial charge is 0.484 e. The van der Waals surface area contributed by atoms with E-state index in [2.05, 4.69) is 4.74 Å². The van der Waals surface area contributed by atoms with Crippen molar-refractivity contribution in [2.75, 3.05) is 6.61 Å². The number of benzene rings is 1. The Kier molecular flexibility index (Phi) is 3.02. The predicted molar refractivity (Wildman–Crippen MR) is 59.9 cm³/mol. The molecule has 2 rings (SSSR count). The lowest BCUT2D eigenvalue weighted by atomic mass is 10.2. The van der Waals surface area contributed by atoms with Gasteiger partial charge in [-0.1, -0.05) is 0 Å². The molecule has 0 amide bonds. The first kappa shape index (κ1) is 12.5. The standard InChI is InChI=1S/C12H10F3NO2/c1-16-5-8(6-17)10-4-9(2-3-11(10)16)18-7-12(13,14)15/h2-6H,7H2,1H3. The molecule has 0 N–H and O–H groups in total. The first-order valence-corrected chi connectivity index (χ1v) is 5.14. The number of nitrogens with zero attached hydrogens (tertiary/aromatic N) is 1. The number of halogens is 3. The van der Waals surface area contributed by atoms with Crippen LogP contribution in [0.2, 0.25) is 0 Å². The van der Waals surface area contributed by atoms with E-state index in [-0.39, 0.29) is 5.75 Å². The summed E-state index contributed by atoms with van der Waals surface area (Å²) in [5.74, 6) is 0.0918. The van der Waals surface area contributed by atoms with E-state index in [4.69, 9.17) is 0 Å². The number of carbonyl (C=O) groups excluding carboxylic acids is 1. The zero-order valence-electron chi connectivity index (χ0n) is 9.49. The predicted octanol–water partition coefficient (Wildman–Crippen LogP) is 2.93. The van der Waals surface area contributed by atoms with Crippen LogP contribution in [0.25, 0.3) is 10.9 Å². The van der Waals surface area contributed by atoms with Crippen LogP contribution in [0.5, 0.6) is 5.75 Å². The highest BCUT2D eigenvalue weighted by atomic mass is 19.4. The van der Waals surface area contributed by atoms with Gasteiger partial charge in [0, 0.05) is 29.7 Å². The number of rotatable bonds is 3. The molecule has 0 aliphatic heterocycles. The zero-order chi connectivity index (χ0) is 13.3. The summed E-state index contributed by atoms with van der Waals surface area (Å²) in [6.07, 6.45) is -2.10. The zero-order valence-corrected chi connectivity index (χ0v) is 9.49. The van der Waals surface area contributed by atoms with Gasteiger partial charge in [-0.2, -0.15) is 13.2 Å². The number of aromatic nitrogens is 1. The highest BCUT2D eigenvalue weighted by Gasteiger charge is 2.28. The van der Waals surface area contributed by atoms with Crippen LogP contribution in [0.1, 0.15) is 10.4 Å². The van der Waals surface area contributed by atoms with Crippen molar-refractivity contribution < 1.29 is 22.7 Å². The van der Waals surface area contributed by atoms with Crippen molar-refractivity contribution in [3.63, 3.8) is 0 Å². The van der Waals surface area contributed by atoms with Crippen LogP contribution in [0.15, 0.2) is 24.4 Å². The molecule has 0 saturated carbocycles. The van der Waals surface area contributed by atoms with E-state index in [1.807, 2.05) is 0 Å². The fourth-order valence-corrected chi connectivity index (χ4v) is 1.75. The van der Waals surface area contributed by atoms with Crippen LogP contribution >= 0.6 is 0 Å². The lowest BCUT2D eigenvalue weighted by Crippen LogP contribution is -2.19. The molecular formula is C12H10F3NO2. The van der Waals surface area contributed by atoms with Crippen LogP contribution in [0.3, 0.4) is 0 Å². The number of alkyl halides is 3. The maximum atomic E-state index is 12.0. The summed E-state index contributed by atoms with van der Waals surface area (Å²) in [4.78, 5) is 10.8. The van der Waals surface area contributed by atoms with Crippen molar-refractivity contribution in [1.82, 2.24) is 4.57 Å². The Balaban J connectivity index is 2.34. The molecule has 1 aromatic heterocycles. The molecule has 0 saturated heterocycles. The molecule has 1 heterocycles. The number of aldehydes is 1. The van der Waals surface area contributed by atoms with Crippen LogP contribution < -0.4 is 4.74 Å². The number of aryl methyl sites for hydroxylation is 1. The molecule has 0 aliphatic carbocycles. The first-order chi connectivity index (χ1) is 8.40. The van der Waals surface area contributed by atoms with E-state index in [9.17, 15) is 18.0 Å². The third-order valence-corrected chi connectivity index (χ3v) is 2.52. The second-order valence-electron chi connectivity index (χ2n) is 3.90. The van der Waals surface area contributed by atoms with Gasteiger partial charge in [0.1, 0.15) is 5.75 Å². The number of carbonyl (C=O) groups is 1. The number of ether oxygens (including phenoxy) is 1. The Morgan fingerprint density at radius 2 is 2.11 bits per heavy atom. The SMILES string of the molecule is Cn1cc(C=O)c2cc(OCC(F)(F)F)ccc21. The Labute approximate surface area is 101 Å². The van der Waals surface area contributed by atoms with E-state index in [0.717, 1.165) is 5.52 Å². The van der Waals surface area contributed by atoms with Crippen LogP contribution in [0, 0.1) is 0 Å². The molecule has 0 radical (unpaired) electrons. The first-order valence-electron chi connectivity index (χ1n) is 5.14. The van der Waals surface area contributed by atoms with E-state index in [1.165, 1.54) is 12.1 Å². The average Bonchev–Trinajstić information content (AvgIpc) is 2.62. The fourth-order valence-electron chi connectivity index (χ4n) is 1.75. The Bertz CT molecular complexity index is 587. The third kappa shape index (κ3) is 2.47. The van der Waals surface area contributed by atoms with Crippen molar-refractivity contribution >= 4 is 17.2 Å². The van der Waals surface area contributed by atoms with Gasteiger partial charge in [-0.25, -0.2) is 0 Å². The smallest absolute Gasteiger partial charge is 0.422 e. The van der Waals surface area contributed by atoms with Crippen molar-refractivity contribution in [1.29, 1.82) is 0 Å². The van der Waals surface area contributed by atoms with Crippen LogP contribution in [-0.4, -0.2) is 23.6 Å². The number of fused-ring (bicyclic) bond motifs is 1. The molecule has 3 nitrogen and oxygen atoms in total. The van der Waals surface area contributed by atoms with Gasteiger partial charge in [-0.3, -0.25) is 4.79 Å². The molecule has 0 spiro atoms. The highest BCUT2D eigenvalue weighted by Crippen LogP contribution is 2.26. The van der Waals surface area contributed by atoms with Crippen LogP contribution in [-0.2, 0) is 7.05 Å². The van der Waals surface area contributed by atoms with Gasteiger partial charge < -0.3 is 9.30 Å². The van der Waals surface area contributed by atoms with Crippen LogP contribution in [0.4, 0.5) is 13.2 Å². The van der Waals surface area contributed by atoms with Gasteiger partial charge in [0.2, 0.25) is 0 Å². The minimum Gasteiger partial charge on any atom is -0.484 e. The summed E-state index contributed by atoms with van der Waals surface area (Å²) in [5, 5.41) is 0.576. The number of hydrogen-bond donors (Lipinski definition) is 0. The normalized spacial score (nSPS) is 11.8. The minimum atomic E-state index is -4.38. The summed E-state index contributed by atoms with van der Waals surface area (Å²) < 4.78 is 42.4. The highest BCUT2D eigenvalue weighted by molar-refractivity contribution is 5.98. The quantitative estimate of drug-likeness (QED) is 0.791. The molecule has 0 atom stereocenters. The summed E-state index contributed by atoms with van der Waals surface area (Å²) in [7, 11) is 1.76. The second-order valence-corrected chi connectivity index (χ2v) is 3.90. The number of hydrogen-bond acceptors (Lipinski definition) is 2. The van der Waals surface area contributed by atoms with Crippen molar-refractivity contribution in [3.8, 4) is 5.75 Å². The Morgan fingerprint density at radius 1 is 1.39 bits per heavy atom. The monoisotopic (exact) mass is 257 g/mol. The molecule has 0 unspecified atom stereocenters. The molecule has 18 heavy (non-hydrogen) atoms. The summed E-state index contributed by atoms with van der Waals surface area (Å²) >= 11 is 0. The van der Waals surface area contributed by atoms with Gasteiger partial charge >= 0.3 is 6.18 Å². The second kappa shape index (κ2) is 4.36. The molecule has 6 heteroatoms. The maximum Gasteiger partial charge on any atom is 0.422 e. The molecule has 0 fully saturated rings. The maximum absolute atomic E-state index is 12.0. The van der Waals surface area contributed by atoms with Gasteiger partial charge in [0.05, 0.1) is 0 Å². The van der Waals surface area contributed by atoms with Gasteiger partial charge in [-0.05, 0) is 18.2 Å². The Hall–Kier alpha value is -1.98. The summed E-state index contributed by atoms with van der Waals surface area (Å²) in [6, 6.07) is 4.50. The van der Waals surface area contributed by atoms with E-state index < -0.39 is 12.8 Å². The van der Waals surface area contributed by atoms with Crippen molar-refractivity contribution in [3.05, 3.63) is 30.0 Å². The van der Waals surface area contributed by atoms with E-state index in [0.29, 0.717) is 17.2 Å². The molecular weight excluding hydrogens is 247 g/mol. The molecule has 1 aromatic carbocycles. The molecule has 0 aliphatic rings. The topological polar surface area (TPSA) is 31.2 Å². The van der Waals surface area contributed by atoms with Gasteiger partial charge in [-0.15, -0.1) is 0 Å². The minimum absolute atomic E-state index is 0.0918. The summed E-state index contributed by atoms with van der Waals surface area (Å²) in [5.41, 5.74) is 1.18.